The summed E-state index contributed by atoms with van der Waals surface area (Å²) in [7, 11) is 0. The molecular weight excluding hydrogens is 336 g/mol. The Balaban J connectivity index is 1.44. The van der Waals surface area contributed by atoms with E-state index in [9.17, 15) is 4.79 Å². The van der Waals surface area contributed by atoms with E-state index in [1.807, 2.05) is 41.4 Å². The fourth-order valence-corrected chi connectivity index (χ4v) is 3.28. The Morgan fingerprint density at radius 1 is 1.15 bits per heavy atom. The summed E-state index contributed by atoms with van der Waals surface area (Å²) >= 11 is 0. The lowest BCUT2D eigenvalue weighted by Crippen LogP contribution is -2.52. The number of pyridine rings is 1. The van der Waals surface area contributed by atoms with E-state index < -0.39 is 0 Å². The fourth-order valence-electron chi connectivity index (χ4n) is 3.28. The quantitative estimate of drug-likeness (QED) is 0.852. The van der Waals surface area contributed by atoms with Gasteiger partial charge in [-0.3, -0.25) is 9.88 Å². The molecule has 0 spiro atoms. The second-order valence-corrected chi connectivity index (χ2v) is 6.80. The van der Waals surface area contributed by atoms with Gasteiger partial charge in [0.15, 0.2) is 0 Å². The van der Waals surface area contributed by atoms with Gasteiger partial charge in [-0.25, -0.2) is 4.79 Å². The smallest absolute Gasteiger partial charge is 0.317 e. The van der Waals surface area contributed by atoms with Gasteiger partial charge in [-0.05, 0) is 23.6 Å². The summed E-state index contributed by atoms with van der Waals surface area (Å²) in [5.74, 6) is 0. The van der Waals surface area contributed by atoms with Crippen molar-refractivity contribution in [3.63, 3.8) is 0 Å². The van der Waals surface area contributed by atoms with Gasteiger partial charge in [-0.15, -0.1) is 0 Å². The number of nitrogens with one attached hydrogen (secondary N) is 1. The number of aromatic nitrogens is 1. The number of urea groups is 1. The van der Waals surface area contributed by atoms with Crippen LogP contribution >= 0.6 is 0 Å². The second-order valence-electron chi connectivity index (χ2n) is 6.80. The molecule has 2 amide bonds. The first-order valence-corrected chi connectivity index (χ1v) is 9.65. The molecule has 3 rings (SSSR count). The van der Waals surface area contributed by atoms with Crippen LogP contribution in [0.15, 0.2) is 60.9 Å². The van der Waals surface area contributed by atoms with Crippen LogP contribution in [-0.4, -0.2) is 53.5 Å². The van der Waals surface area contributed by atoms with E-state index in [0.29, 0.717) is 0 Å². The van der Waals surface area contributed by atoms with Crippen molar-refractivity contribution in [2.75, 3.05) is 32.7 Å². The van der Waals surface area contributed by atoms with Crippen molar-refractivity contribution in [3.05, 3.63) is 72.1 Å². The third kappa shape index (κ3) is 5.66. The van der Waals surface area contributed by atoms with E-state index in [0.717, 1.165) is 44.7 Å². The predicted molar refractivity (Wildman–Crippen MR) is 109 cm³/mol. The molecule has 5 heteroatoms. The monoisotopic (exact) mass is 364 g/mol. The molecule has 27 heavy (non-hydrogen) atoms. The molecule has 0 aliphatic carbocycles. The van der Waals surface area contributed by atoms with Crippen molar-refractivity contribution in [1.29, 1.82) is 0 Å². The first kappa shape index (κ1) is 19.1. The van der Waals surface area contributed by atoms with Crippen LogP contribution in [-0.2, 0) is 0 Å². The van der Waals surface area contributed by atoms with Gasteiger partial charge in [0.1, 0.15) is 0 Å². The third-order valence-electron chi connectivity index (χ3n) is 4.93. The van der Waals surface area contributed by atoms with Crippen LogP contribution in [0.25, 0.3) is 6.08 Å². The summed E-state index contributed by atoms with van der Waals surface area (Å²) in [6.45, 7) is 6.31. The summed E-state index contributed by atoms with van der Waals surface area (Å²) in [5, 5.41) is 3.15. The van der Waals surface area contributed by atoms with Gasteiger partial charge in [0.2, 0.25) is 0 Å². The van der Waals surface area contributed by atoms with Crippen LogP contribution in [0.2, 0.25) is 0 Å². The van der Waals surface area contributed by atoms with Crippen molar-refractivity contribution < 1.29 is 4.79 Å². The molecule has 0 saturated carbocycles. The van der Waals surface area contributed by atoms with E-state index in [2.05, 4.69) is 46.4 Å². The van der Waals surface area contributed by atoms with Crippen LogP contribution in [0.1, 0.15) is 30.5 Å². The zero-order chi connectivity index (χ0) is 18.9. The topological polar surface area (TPSA) is 48.5 Å². The molecule has 2 aromatic rings. The Kier molecular flexibility index (Phi) is 6.99. The Labute approximate surface area is 161 Å². The highest BCUT2D eigenvalue weighted by atomic mass is 16.2. The maximum Gasteiger partial charge on any atom is 0.317 e. The zero-order valence-electron chi connectivity index (χ0n) is 15.9. The van der Waals surface area contributed by atoms with Gasteiger partial charge < -0.3 is 10.2 Å². The van der Waals surface area contributed by atoms with Crippen molar-refractivity contribution in [2.24, 2.45) is 0 Å². The maximum absolute atomic E-state index is 12.6. The number of amides is 2. The maximum atomic E-state index is 12.6. The summed E-state index contributed by atoms with van der Waals surface area (Å²) in [5.41, 5.74) is 2.27. The van der Waals surface area contributed by atoms with Gasteiger partial charge >= 0.3 is 6.03 Å². The number of nitrogens with zero attached hydrogens (tertiary/aromatic N) is 3. The fraction of sp³-hybridized carbons (Fsp3) is 0.364. The molecule has 142 valence electrons. The van der Waals surface area contributed by atoms with Crippen molar-refractivity contribution in [3.8, 4) is 0 Å². The lowest BCUT2D eigenvalue weighted by atomic mass is 10.1. The Morgan fingerprint density at radius 2 is 1.93 bits per heavy atom. The molecule has 0 bridgehead atoms. The third-order valence-corrected chi connectivity index (χ3v) is 4.93. The highest BCUT2D eigenvalue weighted by molar-refractivity contribution is 5.74. The van der Waals surface area contributed by atoms with Crippen LogP contribution in [0.4, 0.5) is 4.79 Å². The van der Waals surface area contributed by atoms with Crippen LogP contribution in [0, 0.1) is 0 Å². The Bertz CT molecular complexity index is 724. The molecule has 1 aliphatic heterocycles. The first-order valence-electron chi connectivity index (χ1n) is 9.65. The van der Waals surface area contributed by atoms with E-state index in [4.69, 9.17) is 0 Å². The van der Waals surface area contributed by atoms with Gasteiger partial charge in [0.05, 0.1) is 6.04 Å². The Morgan fingerprint density at radius 3 is 2.59 bits per heavy atom. The lowest BCUT2D eigenvalue weighted by molar-refractivity contribution is 0.144. The molecule has 1 aromatic carbocycles. The largest absolute Gasteiger partial charge is 0.331 e. The number of benzene rings is 1. The van der Waals surface area contributed by atoms with Gasteiger partial charge in [0, 0.05) is 45.1 Å². The minimum Gasteiger partial charge on any atom is -0.331 e. The zero-order valence-corrected chi connectivity index (χ0v) is 15.9. The number of rotatable bonds is 6. The van der Waals surface area contributed by atoms with Crippen molar-refractivity contribution in [1.82, 2.24) is 20.1 Å². The van der Waals surface area contributed by atoms with Crippen molar-refractivity contribution in [2.45, 2.75) is 19.4 Å². The number of piperazine rings is 1. The molecule has 1 aliphatic rings. The number of hydrogen-bond donors (Lipinski definition) is 1. The van der Waals surface area contributed by atoms with E-state index in [1.54, 1.807) is 6.20 Å². The molecule has 0 radical (unpaired) electrons. The molecule has 1 aromatic heterocycles. The van der Waals surface area contributed by atoms with E-state index in [-0.39, 0.29) is 12.1 Å². The summed E-state index contributed by atoms with van der Waals surface area (Å²) < 4.78 is 0. The minimum atomic E-state index is 0.0121. The lowest BCUT2D eigenvalue weighted by Gasteiger charge is -2.35. The SMILES string of the molecule is CC[C@H](NC(=O)N1CCN(C/C=C/c2ccccc2)CC1)c1cccnc1. The molecule has 1 saturated heterocycles. The average molecular weight is 364 g/mol. The molecule has 1 N–H and O–H groups in total. The Hall–Kier alpha value is -2.66. The number of hydrogen-bond acceptors (Lipinski definition) is 3. The molecule has 0 unspecified atom stereocenters. The van der Waals surface area contributed by atoms with Crippen molar-refractivity contribution >= 4 is 12.1 Å². The van der Waals surface area contributed by atoms with Crippen LogP contribution in [0.5, 0.6) is 0 Å². The molecule has 1 atom stereocenters. The highest BCUT2D eigenvalue weighted by Gasteiger charge is 2.22. The highest BCUT2D eigenvalue weighted by Crippen LogP contribution is 2.16. The van der Waals surface area contributed by atoms with Gasteiger partial charge in [-0.1, -0.05) is 55.5 Å². The first-order chi connectivity index (χ1) is 13.3. The van der Waals surface area contributed by atoms with Gasteiger partial charge in [0.25, 0.3) is 0 Å². The van der Waals surface area contributed by atoms with Crippen LogP contribution < -0.4 is 5.32 Å². The summed E-state index contributed by atoms with van der Waals surface area (Å²) in [6.07, 6.45) is 8.77. The average Bonchev–Trinajstić information content (AvgIpc) is 2.74. The molecule has 5 nitrogen and oxygen atoms in total. The summed E-state index contributed by atoms with van der Waals surface area (Å²) in [4.78, 5) is 21.1. The second kappa shape index (κ2) is 9.88. The molecule has 2 heterocycles. The van der Waals surface area contributed by atoms with Gasteiger partial charge in [-0.2, -0.15) is 0 Å². The number of carbonyl (C=O) groups excluding carboxylic acids is 1. The molecular formula is C22H28N4O. The predicted octanol–water partition coefficient (Wildman–Crippen LogP) is 3.57. The molecule has 1 fully saturated rings. The number of carbonyl (C=O) groups is 1. The van der Waals surface area contributed by atoms with Crippen LogP contribution in [0.3, 0.4) is 0 Å². The summed E-state index contributed by atoms with van der Waals surface area (Å²) in [6, 6.07) is 14.3. The normalized spacial score (nSPS) is 16.4. The van der Waals surface area contributed by atoms with E-state index in [1.165, 1.54) is 5.56 Å². The van der Waals surface area contributed by atoms with E-state index >= 15 is 0 Å². The standard InChI is InChI=1S/C22H28N4O/c1-2-21(20-11-6-12-23-18-20)24-22(27)26-16-14-25(15-17-26)13-7-10-19-8-4-3-5-9-19/h3-12,18,21H,2,13-17H2,1H3,(H,24,27)/b10-7+/t21-/m0/s1. The minimum absolute atomic E-state index is 0.0121.